The van der Waals surface area contributed by atoms with E-state index in [9.17, 15) is 13.2 Å². The highest BCUT2D eigenvalue weighted by molar-refractivity contribution is 7.92. The molecule has 3 N–H and O–H groups in total. The second-order valence-corrected chi connectivity index (χ2v) is 7.37. The van der Waals surface area contributed by atoms with Gasteiger partial charge in [0.25, 0.3) is 0 Å². The van der Waals surface area contributed by atoms with Gasteiger partial charge in [-0.2, -0.15) is 0 Å². The van der Waals surface area contributed by atoms with E-state index in [0.29, 0.717) is 17.2 Å². The Balaban J connectivity index is 2.66. The van der Waals surface area contributed by atoms with Gasteiger partial charge in [0.05, 0.1) is 11.9 Å². The molecule has 1 atom stereocenters. The van der Waals surface area contributed by atoms with Crippen LogP contribution in [0, 0.1) is 5.92 Å². The monoisotopic (exact) mass is 327 g/mol. The van der Waals surface area contributed by atoms with Crippen molar-refractivity contribution < 1.29 is 13.2 Å². The van der Waals surface area contributed by atoms with Crippen LogP contribution in [0.1, 0.15) is 32.8 Å². The molecule has 0 radical (unpaired) electrons. The first-order valence-corrected chi connectivity index (χ1v) is 9.22. The van der Waals surface area contributed by atoms with Crippen LogP contribution in [-0.2, 0) is 16.6 Å². The van der Waals surface area contributed by atoms with Crippen LogP contribution in [0.15, 0.2) is 24.3 Å². The molecule has 0 saturated carbocycles. The molecule has 0 aliphatic rings. The Hall–Kier alpha value is -1.76. The summed E-state index contributed by atoms with van der Waals surface area (Å²) in [4.78, 5) is 11.9. The van der Waals surface area contributed by atoms with Crippen molar-refractivity contribution in [3.8, 4) is 0 Å². The molecule has 0 aliphatic heterocycles. The summed E-state index contributed by atoms with van der Waals surface area (Å²) in [7, 11) is -3.35. The Morgan fingerprint density at radius 2 is 1.86 bits per heavy atom. The lowest BCUT2D eigenvalue weighted by molar-refractivity contribution is 0.232. The number of hydrogen-bond donors (Lipinski definition) is 3. The van der Waals surface area contributed by atoms with Crippen LogP contribution in [-0.4, -0.2) is 26.7 Å². The lowest BCUT2D eigenvalue weighted by Crippen LogP contribution is -2.43. The van der Waals surface area contributed by atoms with E-state index < -0.39 is 10.0 Å². The summed E-state index contributed by atoms with van der Waals surface area (Å²) in [5, 5.41) is 5.68. The predicted molar refractivity (Wildman–Crippen MR) is 89.2 cm³/mol. The number of para-hydroxylation sites is 1. The fraction of sp³-hybridized carbons (Fsp3) is 0.533. The molecule has 1 aromatic carbocycles. The fourth-order valence-corrected chi connectivity index (χ4v) is 2.71. The number of rotatable bonds is 7. The quantitative estimate of drug-likeness (QED) is 0.718. The zero-order valence-corrected chi connectivity index (χ0v) is 14.3. The first-order valence-electron chi connectivity index (χ1n) is 7.33. The molecular weight excluding hydrogens is 302 g/mol. The molecule has 0 aromatic heterocycles. The van der Waals surface area contributed by atoms with Crippen molar-refractivity contribution in [1.29, 1.82) is 0 Å². The molecule has 0 fully saturated rings. The molecule has 22 heavy (non-hydrogen) atoms. The van der Waals surface area contributed by atoms with Gasteiger partial charge in [-0.05, 0) is 24.0 Å². The minimum atomic E-state index is -3.35. The van der Waals surface area contributed by atoms with Crippen molar-refractivity contribution in [2.75, 3.05) is 11.0 Å². The topological polar surface area (TPSA) is 87.3 Å². The number of sulfonamides is 1. The van der Waals surface area contributed by atoms with E-state index in [-0.39, 0.29) is 18.6 Å². The first-order chi connectivity index (χ1) is 10.2. The van der Waals surface area contributed by atoms with E-state index in [2.05, 4.69) is 29.2 Å². The Kier molecular flexibility index (Phi) is 6.67. The summed E-state index contributed by atoms with van der Waals surface area (Å²) in [5.41, 5.74) is 1.18. The highest BCUT2D eigenvalue weighted by Crippen LogP contribution is 2.16. The summed E-state index contributed by atoms with van der Waals surface area (Å²) in [6, 6.07) is 6.83. The number of urea groups is 1. The Morgan fingerprint density at radius 1 is 1.23 bits per heavy atom. The Bertz CT molecular complexity index is 600. The second-order valence-electron chi connectivity index (χ2n) is 5.62. The lowest BCUT2D eigenvalue weighted by Gasteiger charge is -2.21. The van der Waals surface area contributed by atoms with Gasteiger partial charge in [-0.3, -0.25) is 4.72 Å². The smallest absolute Gasteiger partial charge is 0.315 e. The minimum absolute atomic E-state index is 0.115. The molecule has 1 aromatic rings. The van der Waals surface area contributed by atoms with Crippen molar-refractivity contribution in [2.45, 2.75) is 39.8 Å². The maximum Gasteiger partial charge on any atom is 0.315 e. The Labute approximate surface area is 132 Å². The van der Waals surface area contributed by atoms with Gasteiger partial charge in [-0.1, -0.05) is 39.0 Å². The average molecular weight is 327 g/mol. The molecule has 0 heterocycles. The van der Waals surface area contributed by atoms with Gasteiger partial charge in [-0.25, -0.2) is 13.2 Å². The summed E-state index contributed by atoms with van der Waals surface area (Å²) in [6.07, 6.45) is 1.95. The number of hydrogen-bond acceptors (Lipinski definition) is 3. The number of anilines is 1. The van der Waals surface area contributed by atoms with Crippen molar-refractivity contribution >= 4 is 21.7 Å². The number of carbonyl (C=O) groups excluding carboxylic acids is 1. The van der Waals surface area contributed by atoms with Crippen LogP contribution in [0.5, 0.6) is 0 Å². The predicted octanol–water partition coefficient (Wildman–Crippen LogP) is 2.29. The van der Waals surface area contributed by atoms with Crippen molar-refractivity contribution in [1.82, 2.24) is 10.6 Å². The lowest BCUT2D eigenvalue weighted by atomic mass is 10.0. The molecule has 1 rings (SSSR count). The zero-order chi connectivity index (χ0) is 16.8. The third-order valence-electron chi connectivity index (χ3n) is 3.31. The minimum Gasteiger partial charge on any atom is -0.335 e. The highest BCUT2D eigenvalue weighted by atomic mass is 32.2. The van der Waals surface area contributed by atoms with E-state index in [1.165, 1.54) is 0 Å². The summed E-state index contributed by atoms with van der Waals surface area (Å²) in [5.74, 6) is 0.356. The molecule has 0 saturated heterocycles. The second kappa shape index (κ2) is 8.03. The van der Waals surface area contributed by atoms with Gasteiger partial charge < -0.3 is 10.6 Å². The molecule has 2 amide bonds. The maximum atomic E-state index is 11.9. The van der Waals surface area contributed by atoms with Crippen LogP contribution in [0.4, 0.5) is 10.5 Å². The molecule has 0 spiro atoms. The van der Waals surface area contributed by atoms with Gasteiger partial charge in [-0.15, -0.1) is 0 Å². The number of benzene rings is 1. The van der Waals surface area contributed by atoms with Crippen LogP contribution < -0.4 is 15.4 Å². The fourth-order valence-electron chi connectivity index (χ4n) is 2.11. The molecule has 0 aliphatic carbocycles. The van der Waals surface area contributed by atoms with Crippen molar-refractivity contribution in [2.24, 2.45) is 5.92 Å². The van der Waals surface area contributed by atoms with Crippen LogP contribution in [0.25, 0.3) is 0 Å². The Morgan fingerprint density at radius 3 is 2.41 bits per heavy atom. The maximum absolute atomic E-state index is 11.9. The molecule has 0 unspecified atom stereocenters. The van der Waals surface area contributed by atoms with E-state index in [1.54, 1.807) is 24.3 Å². The van der Waals surface area contributed by atoms with Gasteiger partial charge in [0, 0.05) is 12.6 Å². The van der Waals surface area contributed by atoms with Gasteiger partial charge in [0.2, 0.25) is 10.0 Å². The van der Waals surface area contributed by atoms with Gasteiger partial charge >= 0.3 is 6.03 Å². The average Bonchev–Trinajstić information content (AvgIpc) is 2.41. The largest absolute Gasteiger partial charge is 0.335 e. The van der Waals surface area contributed by atoms with Crippen molar-refractivity contribution in [3.05, 3.63) is 29.8 Å². The van der Waals surface area contributed by atoms with Crippen LogP contribution in [0.2, 0.25) is 0 Å². The first kappa shape index (κ1) is 18.3. The number of nitrogens with one attached hydrogen (secondary N) is 3. The molecular formula is C15H25N3O3S. The molecule has 6 nitrogen and oxygen atoms in total. The van der Waals surface area contributed by atoms with E-state index in [0.717, 1.165) is 12.7 Å². The highest BCUT2D eigenvalue weighted by Gasteiger charge is 2.14. The standard InChI is InChI=1S/C15H25N3O3S/c1-5-13(11(2)3)17-15(19)16-10-12-8-6-7-9-14(12)18-22(4,20)21/h6-9,11,13,18H,5,10H2,1-4H3,(H2,16,17,19)/t13-/m0/s1. The van der Waals surface area contributed by atoms with Crippen LogP contribution >= 0.6 is 0 Å². The van der Waals surface area contributed by atoms with Gasteiger partial charge in [0.15, 0.2) is 0 Å². The van der Waals surface area contributed by atoms with E-state index >= 15 is 0 Å². The third kappa shape index (κ3) is 6.34. The molecule has 124 valence electrons. The van der Waals surface area contributed by atoms with Crippen LogP contribution in [0.3, 0.4) is 0 Å². The van der Waals surface area contributed by atoms with Crippen molar-refractivity contribution in [3.63, 3.8) is 0 Å². The SMILES string of the molecule is CC[C@H](NC(=O)NCc1ccccc1NS(C)(=O)=O)C(C)C. The van der Waals surface area contributed by atoms with E-state index in [4.69, 9.17) is 0 Å². The number of amides is 2. The summed E-state index contributed by atoms with van der Waals surface area (Å²) in [6.45, 7) is 6.38. The summed E-state index contributed by atoms with van der Waals surface area (Å²) >= 11 is 0. The number of carbonyl (C=O) groups is 1. The normalized spacial score (nSPS) is 12.8. The zero-order valence-electron chi connectivity index (χ0n) is 13.5. The molecule has 0 bridgehead atoms. The molecule has 7 heteroatoms. The third-order valence-corrected chi connectivity index (χ3v) is 3.90. The van der Waals surface area contributed by atoms with E-state index in [1.807, 2.05) is 6.92 Å². The summed E-state index contributed by atoms with van der Waals surface area (Å²) < 4.78 is 25.1. The van der Waals surface area contributed by atoms with Gasteiger partial charge in [0.1, 0.15) is 0 Å².